The van der Waals surface area contributed by atoms with E-state index in [0.717, 1.165) is 4.90 Å². The van der Waals surface area contributed by atoms with Crippen molar-refractivity contribution in [1.82, 2.24) is 4.90 Å². The van der Waals surface area contributed by atoms with Crippen molar-refractivity contribution in [1.29, 1.82) is 0 Å². The number of phenols is 1. The summed E-state index contributed by atoms with van der Waals surface area (Å²) in [5, 5.41) is 9.71. The minimum atomic E-state index is -0.486. The molecule has 2 amide bonds. The maximum absolute atomic E-state index is 12.1. The number of fused-ring (bicyclic) bond motifs is 1. The van der Waals surface area contributed by atoms with Crippen LogP contribution in [0.2, 0.25) is 0 Å². The fraction of sp³-hybridized carbons (Fsp3) is 0.500. The Morgan fingerprint density at radius 1 is 0.957 bits per heavy atom. The van der Waals surface area contributed by atoms with Gasteiger partial charge in [-0.05, 0) is 19.1 Å². The molecule has 7 heteroatoms. The molecular formula is C16H21NO6. The number of carbonyl (C=O) groups excluding carboxylic acids is 2. The van der Waals surface area contributed by atoms with Crippen LogP contribution in [-0.2, 0) is 14.2 Å². The van der Waals surface area contributed by atoms with Crippen LogP contribution in [0.4, 0.5) is 0 Å². The van der Waals surface area contributed by atoms with E-state index >= 15 is 0 Å². The molecule has 0 fully saturated rings. The van der Waals surface area contributed by atoms with Gasteiger partial charge < -0.3 is 19.3 Å². The van der Waals surface area contributed by atoms with E-state index in [9.17, 15) is 14.7 Å². The number of rotatable bonds is 10. The van der Waals surface area contributed by atoms with Crippen LogP contribution < -0.4 is 0 Å². The lowest BCUT2D eigenvalue weighted by Crippen LogP contribution is -2.33. The Labute approximate surface area is 134 Å². The van der Waals surface area contributed by atoms with E-state index in [1.54, 1.807) is 6.07 Å². The van der Waals surface area contributed by atoms with Gasteiger partial charge in [0.05, 0.1) is 50.7 Å². The minimum Gasteiger partial charge on any atom is -0.507 e. The number of nitrogens with zero attached hydrogens (tertiary/aromatic N) is 1. The first kappa shape index (κ1) is 17.4. The maximum atomic E-state index is 12.1. The van der Waals surface area contributed by atoms with Gasteiger partial charge in [0, 0.05) is 6.61 Å². The van der Waals surface area contributed by atoms with Gasteiger partial charge in [-0.1, -0.05) is 6.07 Å². The van der Waals surface area contributed by atoms with Crippen molar-refractivity contribution in [3.05, 3.63) is 29.3 Å². The predicted octanol–water partition coefficient (Wildman–Crippen LogP) is 1.06. The highest BCUT2D eigenvalue weighted by Crippen LogP contribution is 2.29. The van der Waals surface area contributed by atoms with Crippen LogP contribution >= 0.6 is 0 Å². The zero-order valence-corrected chi connectivity index (χ0v) is 13.1. The lowest BCUT2D eigenvalue weighted by atomic mass is 10.1. The van der Waals surface area contributed by atoms with Crippen molar-refractivity contribution >= 4 is 11.8 Å². The second-order valence-corrected chi connectivity index (χ2v) is 4.88. The lowest BCUT2D eigenvalue weighted by molar-refractivity contribution is 0.0132. The Hall–Kier alpha value is -1.96. The van der Waals surface area contributed by atoms with Crippen LogP contribution in [-0.4, -0.2) is 68.0 Å². The zero-order valence-electron chi connectivity index (χ0n) is 13.1. The van der Waals surface area contributed by atoms with E-state index in [4.69, 9.17) is 14.2 Å². The van der Waals surface area contributed by atoms with Crippen molar-refractivity contribution in [3.8, 4) is 5.75 Å². The standard InChI is InChI=1S/C16H21NO6/c1-2-21-8-9-23-11-10-22-7-6-17-15(19)12-4-3-5-13(18)14(12)16(17)20/h3-5,18H,2,6-11H2,1H3. The molecule has 1 N–H and O–H groups in total. The molecule has 0 saturated carbocycles. The highest BCUT2D eigenvalue weighted by atomic mass is 16.5. The van der Waals surface area contributed by atoms with E-state index in [1.165, 1.54) is 12.1 Å². The van der Waals surface area contributed by atoms with Crippen molar-refractivity contribution in [3.63, 3.8) is 0 Å². The number of phenolic OH excluding ortho intramolecular Hbond substituents is 1. The number of amides is 2. The van der Waals surface area contributed by atoms with Gasteiger partial charge in [0.1, 0.15) is 5.75 Å². The molecule has 0 spiro atoms. The number of hydrogen-bond donors (Lipinski definition) is 1. The molecule has 0 atom stereocenters. The Bertz CT molecular complexity index is 560. The van der Waals surface area contributed by atoms with Gasteiger partial charge in [0.2, 0.25) is 0 Å². The Morgan fingerprint density at radius 2 is 1.61 bits per heavy atom. The van der Waals surface area contributed by atoms with Crippen LogP contribution in [0.15, 0.2) is 18.2 Å². The molecule has 1 aromatic rings. The summed E-state index contributed by atoms with van der Waals surface area (Å²) in [5.74, 6) is -1.07. The van der Waals surface area contributed by atoms with Crippen LogP contribution in [0.1, 0.15) is 27.6 Å². The number of carbonyl (C=O) groups is 2. The second kappa shape index (κ2) is 8.61. The molecule has 1 heterocycles. The Kier molecular flexibility index (Phi) is 6.52. The van der Waals surface area contributed by atoms with Crippen LogP contribution in [0.25, 0.3) is 0 Å². The van der Waals surface area contributed by atoms with E-state index < -0.39 is 11.8 Å². The largest absolute Gasteiger partial charge is 0.507 e. The molecule has 0 saturated heterocycles. The van der Waals surface area contributed by atoms with Gasteiger partial charge >= 0.3 is 0 Å². The highest BCUT2D eigenvalue weighted by Gasteiger charge is 2.37. The van der Waals surface area contributed by atoms with Crippen LogP contribution in [0.3, 0.4) is 0 Å². The molecular weight excluding hydrogens is 302 g/mol. The first-order valence-corrected chi connectivity index (χ1v) is 7.58. The van der Waals surface area contributed by atoms with E-state index in [2.05, 4.69) is 0 Å². The summed E-state index contributed by atoms with van der Waals surface area (Å²) in [6.45, 7) is 4.81. The zero-order chi connectivity index (χ0) is 16.7. The van der Waals surface area contributed by atoms with Crippen molar-refractivity contribution in [2.24, 2.45) is 0 Å². The fourth-order valence-corrected chi connectivity index (χ4v) is 2.26. The summed E-state index contributed by atoms with van der Waals surface area (Å²) in [6, 6.07) is 4.46. The Balaban J connectivity index is 1.69. The molecule has 1 aromatic carbocycles. The summed E-state index contributed by atoms with van der Waals surface area (Å²) in [5.41, 5.74) is 0.297. The van der Waals surface area contributed by atoms with Gasteiger partial charge in [-0.3, -0.25) is 14.5 Å². The third-order valence-corrected chi connectivity index (χ3v) is 3.38. The summed E-state index contributed by atoms with van der Waals surface area (Å²) in [6.07, 6.45) is 0. The topological polar surface area (TPSA) is 85.3 Å². The molecule has 0 radical (unpaired) electrons. The monoisotopic (exact) mass is 323 g/mol. The first-order chi connectivity index (χ1) is 11.2. The van der Waals surface area contributed by atoms with Gasteiger partial charge in [0.15, 0.2) is 0 Å². The molecule has 1 aliphatic heterocycles. The quantitative estimate of drug-likeness (QED) is 0.512. The molecule has 0 aromatic heterocycles. The molecule has 1 aliphatic rings. The second-order valence-electron chi connectivity index (χ2n) is 4.88. The summed E-state index contributed by atoms with van der Waals surface area (Å²) in [7, 11) is 0. The number of benzene rings is 1. The molecule has 0 bridgehead atoms. The summed E-state index contributed by atoms with van der Waals surface area (Å²) >= 11 is 0. The smallest absolute Gasteiger partial charge is 0.265 e. The number of imide groups is 1. The van der Waals surface area contributed by atoms with Crippen LogP contribution in [0, 0.1) is 0 Å². The molecule has 7 nitrogen and oxygen atoms in total. The fourth-order valence-electron chi connectivity index (χ4n) is 2.26. The first-order valence-electron chi connectivity index (χ1n) is 7.58. The van der Waals surface area contributed by atoms with E-state index in [-0.39, 0.29) is 30.0 Å². The maximum Gasteiger partial charge on any atom is 0.265 e. The van der Waals surface area contributed by atoms with Gasteiger partial charge in [0.25, 0.3) is 11.8 Å². The summed E-state index contributed by atoms with van der Waals surface area (Å²) in [4.78, 5) is 25.4. The molecule has 0 unspecified atom stereocenters. The normalized spacial score (nSPS) is 13.7. The molecule has 2 rings (SSSR count). The predicted molar refractivity (Wildman–Crippen MR) is 81.6 cm³/mol. The number of aromatic hydroxyl groups is 1. The minimum absolute atomic E-state index is 0.0664. The van der Waals surface area contributed by atoms with Gasteiger partial charge in [-0.15, -0.1) is 0 Å². The lowest BCUT2D eigenvalue weighted by Gasteiger charge is -2.13. The highest BCUT2D eigenvalue weighted by molar-refractivity contribution is 6.22. The van der Waals surface area contributed by atoms with Crippen molar-refractivity contribution < 1.29 is 28.9 Å². The Morgan fingerprint density at radius 3 is 2.26 bits per heavy atom. The average molecular weight is 323 g/mol. The molecule has 23 heavy (non-hydrogen) atoms. The van der Waals surface area contributed by atoms with E-state index in [1.807, 2.05) is 6.92 Å². The summed E-state index contributed by atoms with van der Waals surface area (Å²) < 4.78 is 15.8. The molecule has 0 aliphatic carbocycles. The third-order valence-electron chi connectivity index (χ3n) is 3.38. The van der Waals surface area contributed by atoms with Crippen molar-refractivity contribution in [2.75, 3.05) is 46.2 Å². The number of ether oxygens (including phenoxy) is 3. The average Bonchev–Trinajstić information content (AvgIpc) is 2.79. The van der Waals surface area contributed by atoms with E-state index in [0.29, 0.717) is 33.0 Å². The number of hydrogen-bond acceptors (Lipinski definition) is 6. The SMILES string of the molecule is CCOCCOCCOCCN1C(=O)c2cccc(O)c2C1=O. The van der Waals surface area contributed by atoms with Crippen LogP contribution in [0.5, 0.6) is 5.75 Å². The van der Waals surface area contributed by atoms with Gasteiger partial charge in [-0.2, -0.15) is 0 Å². The third kappa shape index (κ3) is 4.28. The van der Waals surface area contributed by atoms with Gasteiger partial charge in [-0.25, -0.2) is 0 Å². The molecule has 126 valence electrons. The van der Waals surface area contributed by atoms with Crippen molar-refractivity contribution in [2.45, 2.75) is 6.92 Å².